The van der Waals surface area contributed by atoms with E-state index >= 15 is 0 Å². The maximum absolute atomic E-state index is 12.4. The Labute approximate surface area is 118 Å². The highest BCUT2D eigenvalue weighted by atomic mass is 35.5. The lowest BCUT2D eigenvalue weighted by Crippen LogP contribution is -2.03. The molecule has 0 amide bonds. The molecule has 2 aromatic carbocycles. The van der Waals surface area contributed by atoms with E-state index in [1.807, 2.05) is 26.0 Å². The molecule has 0 unspecified atom stereocenters. The highest BCUT2D eigenvalue weighted by Crippen LogP contribution is 2.22. The summed E-state index contributed by atoms with van der Waals surface area (Å²) in [5.74, 6) is 0.600. The van der Waals surface area contributed by atoms with Gasteiger partial charge >= 0.3 is 0 Å². The number of carbonyl (C=O) groups is 1. The highest BCUT2D eigenvalue weighted by Gasteiger charge is 2.13. The van der Waals surface area contributed by atoms with Gasteiger partial charge in [-0.3, -0.25) is 4.79 Å². The van der Waals surface area contributed by atoms with Gasteiger partial charge in [-0.05, 0) is 43.7 Å². The first-order chi connectivity index (χ1) is 9.11. The van der Waals surface area contributed by atoms with Crippen LogP contribution in [0.15, 0.2) is 42.5 Å². The number of rotatable bonds is 4. The van der Waals surface area contributed by atoms with Crippen molar-refractivity contribution in [3.8, 4) is 5.75 Å². The molecule has 0 fully saturated rings. The lowest BCUT2D eigenvalue weighted by Gasteiger charge is -2.07. The molecule has 0 atom stereocenters. The first kappa shape index (κ1) is 13.6. The van der Waals surface area contributed by atoms with Gasteiger partial charge in [-0.1, -0.05) is 29.8 Å². The number of benzene rings is 2. The second-order valence-corrected chi connectivity index (χ2v) is 4.68. The molecule has 0 aromatic heterocycles. The van der Waals surface area contributed by atoms with Crippen LogP contribution in [0, 0.1) is 6.92 Å². The first-order valence-corrected chi connectivity index (χ1v) is 6.53. The summed E-state index contributed by atoms with van der Waals surface area (Å²) in [5, 5.41) is 0.479. The average molecular weight is 275 g/mol. The number of ether oxygens (including phenoxy) is 1. The molecule has 2 rings (SSSR count). The Morgan fingerprint density at radius 2 is 2.00 bits per heavy atom. The number of hydrogen-bond donors (Lipinski definition) is 0. The third-order valence-electron chi connectivity index (χ3n) is 2.78. The van der Waals surface area contributed by atoms with Crippen LogP contribution >= 0.6 is 11.6 Å². The molecule has 2 aromatic rings. The van der Waals surface area contributed by atoms with Crippen LogP contribution in [0.1, 0.15) is 28.4 Å². The molecule has 0 saturated carbocycles. The maximum atomic E-state index is 12.4. The summed E-state index contributed by atoms with van der Waals surface area (Å²) in [6.45, 7) is 4.42. The van der Waals surface area contributed by atoms with Crippen LogP contribution < -0.4 is 4.74 Å². The van der Waals surface area contributed by atoms with Gasteiger partial charge in [0.05, 0.1) is 11.6 Å². The molecule has 0 aliphatic rings. The molecular weight excluding hydrogens is 260 g/mol. The SMILES string of the molecule is CCOc1cccc(C(=O)c2ccc(C)cc2Cl)c1. The molecule has 0 saturated heterocycles. The average Bonchev–Trinajstić information content (AvgIpc) is 2.39. The minimum atomic E-state index is -0.0912. The van der Waals surface area contributed by atoms with E-state index in [4.69, 9.17) is 16.3 Å². The van der Waals surface area contributed by atoms with Gasteiger partial charge in [0.15, 0.2) is 5.78 Å². The number of hydrogen-bond acceptors (Lipinski definition) is 2. The maximum Gasteiger partial charge on any atom is 0.194 e. The molecule has 0 N–H and O–H groups in total. The summed E-state index contributed by atoms with van der Waals surface area (Å²) < 4.78 is 5.40. The first-order valence-electron chi connectivity index (χ1n) is 6.15. The van der Waals surface area contributed by atoms with Crippen molar-refractivity contribution in [2.45, 2.75) is 13.8 Å². The zero-order valence-electron chi connectivity index (χ0n) is 10.9. The molecule has 0 heterocycles. The van der Waals surface area contributed by atoms with E-state index in [9.17, 15) is 4.79 Å². The van der Waals surface area contributed by atoms with Crippen molar-refractivity contribution in [2.75, 3.05) is 6.61 Å². The van der Waals surface area contributed by atoms with Crippen LogP contribution in [0.5, 0.6) is 5.75 Å². The second kappa shape index (κ2) is 5.89. The zero-order valence-corrected chi connectivity index (χ0v) is 11.7. The Kier molecular flexibility index (Phi) is 4.23. The summed E-state index contributed by atoms with van der Waals surface area (Å²) in [7, 11) is 0. The van der Waals surface area contributed by atoms with Crippen LogP contribution in [0.4, 0.5) is 0 Å². The molecule has 3 heteroatoms. The third-order valence-corrected chi connectivity index (χ3v) is 3.09. The molecule has 0 spiro atoms. The van der Waals surface area contributed by atoms with Crippen molar-refractivity contribution in [2.24, 2.45) is 0 Å². The minimum absolute atomic E-state index is 0.0912. The number of aryl methyl sites for hydroxylation is 1. The van der Waals surface area contributed by atoms with Gasteiger partial charge in [0, 0.05) is 11.1 Å². The van der Waals surface area contributed by atoms with Crippen LogP contribution in [0.25, 0.3) is 0 Å². The lowest BCUT2D eigenvalue weighted by atomic mass is 10.0. The summed E-state index contributed by atoms with van der Waals surface area (Å²) in [4.78, 5) is 12.4. The van der Waals surface area contributed by atoms with Gasteiger partial charge in [-0.25, -0.2) is 0 Å². The molecule has 0 radical (unpaired) electrons. The fourth-order valence-corrected chi connectivity index (χ4v) is 2.17. The standard InChI is InChI=1S/C16H15ClO2/c1-3-19-13-6-4-5-12(10-13)16(18)14-8-7-11(2)9-15(14)17/h4-10H,3H2,1-2H3. The van der Waals surface area contributed by atoms with Gasteiger partial charge in [-0.15, -0.1) is 0 Å². The molecule has 2 nitrogen and oxygen atoms in total. The second-order valence-electron chi connectivity index (χ2n) is 4.27. The fourth-order valence-electron chi connectivity index (χ4n) is 1.85. The van der Waals surface area contributed by atoms with Gasteiger partial charge in [0.1, 0.15) is 5.75 Å². The van der Waals surface area contributed by atoms with Crippen molar-refractivity contribution < 1.29 is 9.53 Å². The van der Waals surface area contributed by atoms with E-state index in [0.29, 0.717) is 28.5 Å². The summed E-state index contributed by atoms with van der Waals surface area (Å²) >= 11 is 6.12. The fraction of sp³-hybridized carbons (Fsp3) is 0.188. The Hall–Kier alpha value is -1.80. The monoisotopic (exact) mass is 274 g/mol. The molecule has 0 aliphatic heterocycles. The van der Waals surface area contributed by atoms with Crippen molar-refractivity contribution in [3.63, 3.8) is 0 Å². The van der Waals surface area contributed by atoms with Crippen molar-refractivity contribution in [1.29, 1.82) is 0 Å². The van der Waals surface area contributed by atoms with Crippen molar-refractivity contribution in [3.05, 3.63) is 64.2 Å². The summed E-state index contributed by atoms with van der Waals surface area (Å²) in [6, 6.07) is 12.6. The van der Waals surface area contributed by atoms with E-state index in [-0.39, 0.29) is 5.78 Å². The summed E-state index contributed by atoms with van der Waals surface area (Å²) in [6.07, 6.45) is 0. The Morgan fingerprint density at radius 3 is 2.68 bits per heavy atom. The molecular formula is C16H15ClO2. The van der Waals surface area contributed by atoms with Gasteiger partial charge in [0.2, 0.25) is 0 Å². The molecule has 19 heavy (non-hydrogen) atoms. The molecule has 98 valence electrons. The van der Waals surface area contributed by atoms with Crippen LogP contribution in [0.3, 0.4) is 0 Å². The van der Waals surface area contributed by atoms with Crippen molar-refractivity contribution in [1.82, 2.24) is 0 Å². The van der Waals surface area contributed by atoms with Gasteiger partial charge < -0.3 is 4.74 Å². The Morgan fingerprint density at radius 1 is 1.21 bits per heavy atom. The zero-order chi connectivity index (χ0) is 13.8. The largest absolute Gasteiger partial charge is 0.494 e. The predicted octanol–water partition coefficient (Wildman–Crippen LogP) is 4.28. The highest BCUT2D eigenvalue weighted by molar-refractivity contribution is 6.35. The van der Waals surface area contributed by atoms with E-state index < -0.39 is 0 Å². The van der Waals surface area contributed by atoms with Crippen molar-refractivity contribution >= 4 is 17.4 Å². The number of carbonyl (C=O) groups excluding carboxylic acids is 1. The molecule has 0 aliphatic carbocycles. The Bertz CT molecular complexity index is 605. The van der Waals surface area contributed by atoms with E-state index in [0.717, 1.165) is 5.56 Å². The third kappa shape index (κ3) is 3.15. The molecule has 0 bridgehead atoms. The minimum Gasteiger partial charge on any atom is -0.494 e. The smallest absolute Gasteiger partial charge is 0.194 e. The number of halogens is 1. The van der Waals surface area contributed by atoms with E-state index in [2.05, 4.69) is 0 Å². The van der Waals surface area contributed by atoms with Crippen LogP contribution in [-0.2, 0) is 0 Å². The topological polar surface area (TPSA) is 26.3 Å². The summed E-state index contributed by atoms with van der Waals surface area (Å²) in [5.41, 5.74) is 2.13. The predicted molar refractivity (Wildman–Crippen MR) is 77.2 cm³/mol. The lowest BCUT2D eigenvalue weighted by molar-refractivity contribution is 0.103. The van der Waals surface area contributed by atoms with Gasteiger partial charge in [-0.2, -0.15) is 0 Å². The van der Waals surface area contributed by atoms with E-state index in [1.54, 1.807) is 30.3 Å². The normalized spacial score (nSPS) is 10.3. The van der Waals surface area contributed by atoms with Crippen LogP contribution in [-0.4, -0.2) is 12.4 Å². The quantitative estimate of drug-likeness (QED) is 0.778. The van der Waals surface area contributed by atoms with Crippen LogP contribution in [0.2, 0.25) is 5.02 Å². The number of ketones is 1. The van der Waals surface area contributed by atoms with Gasteiger partial charge in [0.25, 0.3) is 0 Å². The van der Waals surface area contributed by atoms with E-state index in [1.165, 1.54) is 0 Å². The Balaban J connectivity index is 2.35.